The monoisotopic (exact) mass is 188 g/mol. The van der Waals surface area contributed by atoms with Gasteiger partial charge in [-0.1, -0.05) is 13.8 Å². The molecule has 0 saturated heterocycles. The quantitative estimate of drug-likeness (QED) is 0.537. The molecule has 0 spiro atoms. The van der Waals surface area contributed by atoms with Crippen LogP contribution in [0.3, 0.4) is 0 Å². The van der Waals surface area contributed by atoms with E-state index < -0.39 is 0 Å². The van der Waals surface area contributed by atoms with E-state index >= 15 is 0 Å². The lowest BCUT2D eigenvalue weighted by atomic mass is 10.2. The van der Waals surface area contributed by atoms with E-state index in [9.17, 15) is 4.79 Å². The summed E-state index contributed by atoms with van der Waals surface area (Å²) in [6.07, 6.45) is 0. The fourth-order valence-electron chi connectivity index (χ4n) is 0.712. The van der Waals surface area contributed by atoms with Crippen LogP contribution >= 0.6 is 0 Å². The molecule has 0 aromatic carbocycles. The van der Waals surface area contributed by atoms with E-state index in [0.717, 1.165) is 0 Å². The number of hydrogen-bond donors (Lipinski definition) is 3. The van der Waals surface area contributed by atoms with Crippen molar-refractivity contribution in [3.63, 3.8) is 0 Å². The number of aliphatic hydroxyl groups is 1. The molecule has 1 amide bonds. The molecule has 0 aliphatic rings. The fourth-order valence-corrected chi connectivity index (χ4v) is 0.712. The normalized spacial score (nSPS) is 13.0. The lowest BCUT2D eigenvalue weighted by molar-refractivity contribution is -0.120. The molecule has 0 bridgehead atoms. The molecule has 0 aliphatic carbocycles. The van der Waals surface area contributed by atoms with Gasteiger partial charge < -0.3 is 15.7 Å². The second-order valence-corrected chi connectivity index (χ2v) is 3.66. The average molecular weight is 188 g/mol. The Morgan fingerprint density at radius 2 is 2.00 bits per heavy atom. The highest BCUT2D eigenvalue weighted by atomic mass is 16.3. The number of aliphatic hydroxyl groups excluding tert-OH is 1. The second-order valence-electron chi connectivity index (χ2n) is 3.66. The highest BCUT2D eigenvalue weighted by Crippen LogP contribution is 1.86. The molecule has 4 heteroatoms. The Labute approximate surface area is 79.7 Å². The van der Waals surface area contributed by atoms with E-state index in [1.54, 1.807) is 0 Å². The Hall–Kier alpha value is -0.610. The van der Waals surface area contributed by atoms with Crippen molar-refractivity contribution in [1.82, 2.24) is 10.6 Å². The predicted molar refractivity (Wildman–Crippen MR) is 52.4 cm³/mol. The van der Waals surface area contributed by atoms with Crippen LogP contribution in [-0.4, -0.2) is 36.8 Å². The highest BCUT2D eigenvalue weighted by molar-refractivity contribution is 5.77. The summed E-state index contributed by atoms with van der Waals surface area (Å²) < 4.78 is 0. The van der Waals surface area contributed by atoms with Crippen molar-refractivity contribution in [3.05, 3.63) is 0 Å². The van der Waals surface area contributed by atoms with Gasteiger partial charge in [0.05, 0.1) is 13.2 Å². The smallest absolute Gasteiger partial charge is 0.233 e. The molecule has 78 valence electrons. The van der Waals surface area contributed by atoms with Gasteiger partial charge in [-0.05, 0) is 12.8 Å². The topological polar surface area (TPSA) is 61.4 Å². The maximum atomic E-state index is 11.1. The first kappa shape index (κ1) is 12.4. The molecule has 0 aromatic heterocycles. The van der Waals surface area contributed by atoms with Crippen LogP contribution in [0.15, 0.2) is 0 Å². The number of carbonyl (C=O) groups is 1. The first-order valence-electron chi connectivity index (χ1n) is 4.67. The van der Waals surface area contributed by atoms with E-state index in [4.69, 9.17) is 5.11 Å². The summed E-state index contributed by atoms with van der Waals surface area (Å²) in [6.45, 7) is 6.95. The van der Waals surface area contributed by atoms with Crippen molar-refractivity contribution in [3.8, 4) is 0 Å². The SMILES string of the molecule is CC(C)CNC(=O)CNC(C)CO. The maximum Gasteiger partial charge on any atom is 0.233 e. The molecule has 0 heterocycles. The second kappa shape index (κ2) is 6.86. The van der Waals surface area contributed by atoms with Gasteiger partial charge in [0.1, 0.15) is 0 Å². The Bertz CT molecular complexity index is 149. The van der Waals surface area contributed by atoms with E-state index in [-0.39, 0.29) is 25.1 Å². The number of hydrogen-bond acceptors (Lipinski definition) is 3. The van der Waals surface area contributed by atoms with Gasteiger partial charge in [0.25, 0.3) is 0 Å². The lowest BCUT2D eigenvalue weighted by Crippen LogP contribution is -2.40. The summed E-state index contributed by atoms with van der Waals surface area (Å²) in [5, 5.41) is 14.3. The van der Waals surface area contributed by atoms with Crippen molar-refractivity contribution < 1.29 is 9.90 Å². The molecular formula is C9H20N2O2. The number of nitrogens with one attached hydrogen (secondary N) is 2. The fraction of sp³-hybridized carbons (Fsp3) is 0.889. The van der Waals surface area contributed by atoms with Crippen LogP contribution in [0.4, 0.5) is 0 Å². The maximum absolute atomic E-state index is 11.1. The van der Waals surface area contributed by atoms with Gasteiger partial charge in [-0.15, -0.1) is 0 Å². The van der Waals surface area contributed by atoms with E-state index in [0.29, 0.717) is 12.5 Å². The van der Waals surface area contributed by atoms with Gasteiger partial charge in [0.2, 0.25) is 5.91 Å². The van der Waals surface area contributed by atoms with Crippen LogP contribution in [0.25, 0.3) is 0 Å². The molecule has 0 aromatic rings. The van der Waals surface area contributed by atoms with E-state index in [1.165, 1.54) is 0 Å². The number of carbonyl (C=O) groups excluding carboxylic acids is 1. The first-order chi connectivity index (χ1) is 6.06. The third-order valence-corrected chi connectivity index (χ3v) is 1.59. The first-order valence-corrected chi connectivity index (χ1v) is 4.67. The van der Waals surface area contributed by atoms with Crippen molar-refractivity contribution in [2.45, 2.75) is 26.8 Å². The van der Waals surface area contributed by atoms with Crippen LogP contribution in [0.2, 0.25) is 0 Å². The summed E-state index contributed by atoms with van der Waals surface area (Å²) >= 11 is 0. The van der Waals surface area contributed by atoms with Gasteiger partial charge in [-0.2, -0.15) is 0 Å². The van der Waals surface area contributed by atoms with Crippen LogP contribution in [-0.2, 0) is 4.79 Å². The summed E-state index contributed by atoms with van der Waals surface area (Å²) in [5.74, 6) is 0.452. The summed E-state index contributed by atoms with van der Waals surface area (Å²) in [4.78, 5) is 11.1. The zero-order valence-corrected chi connectivity index (χ0v) is 8.63. The molecule has 1 unspecified atom stereocenters. The van der Waals surface area contributed by atoms with Crippen molar-refractivity contribution in [1.29, 1.82) is 0 Å². The molecular weight excluding hydrogens is 168 g/mol. The van der Waals surface area contributed by atoms with Crippen molar-refractivity contribution in [2.75, 3.05) is 19.7 Å². The Balaban J connectivity index is 3.40. The number of amides is 1. The van der Waals surface area contributed by atoms with Gasteiger partial charge >= 0.3 is 0 Å². The Morgan fingerprint density at radius 1 is 1.38 bits per heavy atom. The minimum Gasteiger partial charge on any atom is -0.395 e. The predicted octanol–water partition coefficient (Wildman–Crippen LogP) is -0.271. The van der Waals surface area contributed by atoms with Gasteiger partial charge in [-0.3, -0.25) is 4.79 Å². The molecule has 0 radical (unpaired) electrons. The molecule has 1 atom stereocenters. The molecule has 0 aliphatic heterocycles. The molecule has 13 heavy (non-hydrogen) atoms. The Morgan fingerprint density at radius 3 is 2.46 bits per heavy atom. The van der Waals surface area contributed by atoms with E-state index in [2.05, 4.69) is 10.6 Å². The van der Waals surface area contributed by atoms with Crippen molar-refractivity contribution in [2.24, 2.45) is 5.92 Å². The minimum atomic E-state index is -0.0233. The Kier molecular flexibility index (Phi) is 6.54. The lowest BCUT2D eigenvalue weighted by Gasteiger charge is -2.11. The summed E-state index contributed by atoms with van der Waals surface area (Å²) in [7, 11) is 0. The summed E-state index contributed by atoms with van der Waals surface area (Å²) in [6, 6.07) is -0.0233. The zero-order valence-electron chi connectivity index (χ0n) is 8.63. The minimum absolute atomic E-state index is 0.0194. The standard InChI is InChI=1S/C9H20N2O2/c1-7(2)4-11-9(13)5-10-8(3)6-12/h7-8,10,12H,4-6H2,1-3H3,(H,11,13). The molecule has 0 saturated carbocycles. The van der Waals surface area contributed by atoms with Gasteiger partial charge in [0, 0.05) is 12.6 Å². The third kappa shape index (κ3) is 7.74. The van der Waals surface area contributed by atoms with Crippen LogP contribution < -0.4 is 10.6 Å². The zero-order chi connectivity index (χ0) is 10.3. The highest BCUT2D eigenvalue weighted by Gasteiger charge is 2.04. The molecule has 3 N–H and O–H groups in total. The largest absolute Gasteiger partial charge is 0.395 e. The molecule has 0 rings (SSSR count). The van der Waals surface area contributed by atoms with E-state index in [1.807, 2.05) is 20.8 Å². The van der Waals surface area contributed by atoms with Gasteiger partial charge in [-0.25, -0.2) is 0 Å². The van der Waals surface area contributed by atoms with Gasteiger partial charge in [0.15, 0.2) is 0 Å². The van der Waals surface area contributed by atoms with Crippen LogP contribution in [0, 0.1) is 5.92 Å². The summed E-state index contributed by atoms with van der Waals surface area (Å²) in [5.41, 5.74) is 0. The third-order valence-electron chi connectivity index (χ3n) is 1.59. The number of rotatable bonds is 6. The average Bonchev–Trinajstić information content (AvgIpc) is 2.10. The van der Waals surface area contributed by atoms with Crippen LogP contribution in [0.1, 0.15) is 20.8 Å². The van der Waals surface area contributed by atoms with Crippen LogP contribution in [0.5, 0.6) is 0 Å². The molecule has 4 nitrogen and oxygen atoms in total. The van der Waals surface area contributed by atoms with Crippen molar-refractivity contribution >= 4 is 5.91 Å². The molecule has 0 fully saturated rings.